The van der Waals surface area contributed by atoms with Crippen LogP contribution in [0.15, 0.2) is 41.4 Å². The zero-order chi connectivity index (χ0) is 17.2. The second-order valence-electron chi connectivity index (χ2n) is 5.09. The van der Waals surface area contributed by atoms with E-state index in [0.717, 1.165) is 30.6 Å². The van der Waals surface area contributed by atoms with Gasteiger partial charge in [-0.25, -0.2) is 4.98 Å². The van der Waals surface area contributed by atoms with Crippen molar-refractivity contribution in [3.8, 4) is 11.8 Å². The molecule has 0 aliphatic carbocycles. The number of hydrogen-bond donors (Lipinski definition) is 1. The molecular weight excluding hydrogens is 322 g/mol. The Labute approximate surface area is 145 Å². The smallest absolute Gasteiger partial charge is 0.268 e. The van der Waals surface area contributed by atoms with Gasteiger partial charge in [0.25, 0.3) is 5.91 Å². The van der Waals surface area contributed by atoms with E-state index in [-0.39, 0.29) is 5.57 Å². The molecule has 1 aromatic heterocycles. The van der Waals surface area contributed by atoms with Crippen LogP contribution in [-0.2, 0) is 4.79 Å². The number of amides is 1. The maximum Gasteiger partial charge on any atom is 0.268 e. The van der Waals surface area contributed by atoms with Gasteiger partial charge in [-0.3, -0.25) is 10.1 Å². The van der Waals surface area contributed by atoms with Gasteiger partial charge in [0.05, 0.1) is 6.61 Å². The first-order valence-corrected chi connectivity index (χ1v) is 8.66. The molecule has 1 N–H and O–H groups in total. The molecule has 0 unspecified atom stereocenters. The van der Waals surface area contributed by atoms with Gasteiger partial charge in [0, 0.05) is 11.6 Å². The van der Waals surface area contributed by atoms with Gasteiger partial charge in [0.1, 0.15) is 17.4 Å². The second kappa shape index (κ2) is 9.48. The second-order valence-corrected chi connectivity index (χ2v) is 5.98. The monoisotopic (exact) mass is 341 g/mol. The molecule has 1 heterocycles. The average Bonchev–Trinajstić information content (AvgIpc) is 3.10. The lowest BCUT2D eigenvalue weighted by Crippen LogP contribution is -2.13. The zero-order valence-corrected chi connectivity index (χ0v) is 14.3. The van der Waals surface area contributed by atoms with E-state index in [2.05, 4.69) is 17.2 Å². The summed E-state index contributed by atoms with van der Waals surface area (Å²) < 4.78 is 5.64. The Bertz CT molecular complexity index is 716. The molecule has 0 saturated carbocycles. The first-order valence-electron chi connectivity index (χ1n) is 7.78. The maximum absolute atomic E-state index is 12.1. The fraction of sp³-hybridized carbons (Fsp3) is 0.278. The number of benzene rings is 1. The van der Waals surface area contributed by atoms with Gasteiger partial charge >= 0.3 is 0 Å². The third-order valence-electron chi connectivity index (χ3n) is 3.23. The van der Waals surface area contributed by atoms with Crippen LogP contribution in [0.3, 0.4) is 0 Å². The van der Waals surface area contributed by atoms with Crippen molar-refractivity contribution in [2.24, 2.45) is 0 Å². The molecule has 0 radical (unpaired) electrons. The lowest BCUT2D eigenvalue weighted by atomic mass is 10.1. The summed E-state index contributed by atoms with van der Waals surface area (Å²) in [5.41, 5.74) is 0.795. The number of nitrogens with one attached hydrogen (secondary N) is 1. The van der Waals surface area contributed by atoms with Crippen molar-refractivity contribution in [2.75, 3.05) is 11.9 Å². The highest BCUT2D eigenvalue weighted by molar-refractivity contribution is 7.13. The Kier molecular flexibility index (Phi) is 6.99. The lowest BCUT2D eigenvalue weighted by Gasteiger charge is -2.06. The molecular formula is C18H19N3O2S. The van der Waals surface area contributed by atoms with Gasteiger partial charge in [0.15, 0.2) is 5.13 Å². The van der Waals surface area contributed by atoms with Gasteiger partial charge in [-0.05, 0) is 30.2 Å². The number of aromatic nitrogens is 1. The van der Waals surface area contributed by atoms with E-state index in [1.54, 1.807) is 17.7 Å². The first kappa shape index (κ1) is 17.7. The molecule has 6 heteroatoms. The van der Waals surface area contributed by atoms with Crippen LogP contribution >= 0.6 is 11.3 Å². The van der Waals surface area contributed by atoms with Crippen LogP contribution < -0.4 is 10.1 Å². The molecule has 1 aromatic carbocycles. The molecule has 0 fully saturated rings. The topological polar surface area (TPSA) is 75.0 Å². The molecule has 1 amide bonds. The normalized spacial score (nSPS) is 10.9. The van der Waals surface area contributed by atoms with E-state index in [4.69, 9.17) is 4.74 Å². The average molecular weight is 341 g/mol. The Morgan fingerprint density at radius 3 is 2.79 bits per heavy atom. The third kappa shape index (κ3) is 5.52. The number of nitrogens with zero attached hydrogens (tertiary/aromatic N) is 2. The summed E-state index contributed by atoms with van der Waals surface area (Å²) in [6.45, 7) is 2.85. The van der Waals surface area contributed by atoms with Crippen LogP contribution in [0.2, 0.25) is 0 Å². The summed E-state index contributed by atoms with van der Waals surface area (Å²) in [4.78, 5) is 16.0. The number of nitriles is 1. The largest absolute Gasteiger partial charge is 0.494 e. The predicted octanol–water partition coefficient (Wildman–Crippen LogP) is 4.26. The Morgan fingerprint density at radius 2 is 2.17 bits per heavy atom. The summed E-state index contributed by atoms with van der Waals surface area (Å²) in [7, 11) is 0. The van der Waals surface area contributed by atoms with E-state index in [1.807, 2.05) is 30.3 Å². The third-order valence-corrected chi connectivity index (χ3v) is 3.91. The molecule has 2 rings (SSSR count). The van der Waals surface area contributed by atoms with E-state index in [9.17, 15) is 10.1 Å². The van der Waals surface area contributed by atoms with Crippen molar-refractivity contribution in [3.63, 3.8) is 0 Å². The van der Waals surface area contributed by atoms with Crippen LogP contribution in [0.4, 0.5) is 5.13 Å². The van der Waals surface area contributed by atoms with E-state index >= 15 is 0 Å². The first-order chi connectivity index (χ1) is 11.7. The molecule has 5 nitrogen and oxygen atoms in total. The molecule has 0 aliphatic heterocycles. The predicted molar refractivity (Wildman–Crippen MR) is 95.8 cm³/mol. The van der Waals surface area contributed by atoms with Crippen molar-refractivity contribution >= 4 is 28.5 Å². The maximum atomic E-state index is 12.1. The standard InChI is InChI=1S/C18H19N3O2S/c1-2-3-4-10-23-16-7-5-14(6-8-16)12-15(13-19)17(22)21-18-20-9-11-24-18/h5-9,11-12H,2-4,10H2,1H3,(H,20,21,22)/b15-12+. The van der Waals surface area contributed by atoms with Crippen LogP contribution in [0, 0.1) is 11.3 Å². The minimum absolute atomic E-state index is 0.0295. The number of carbonyl (C=O) groups is 1. The van der Waals surface area contributed by atoms with E-state index in [0.29, 0.717) is 11.7 Å². The van der Waals surface area contributed by atoms with E-state index < -0.39 is 5.91 Å². The number of anilines is 1. The van der Waals surface area contributed by atoms with Crippen molar-refractivity contribution < 1.29 is 9.53 Å². The molecule has 0 atom stereocenters. The number of thiazole rings is 1. The van der Waals surface area contributed by atoms with Gasteiger partial charge < -0.3 is 4.74 Å². The van der Waals surface area contributed by atoms with Crippen LogP contribution in [-0.4, -0.2) is 17.5 Å². The van der Waals surface area contributed by atoms with Gasteiger partial charge in [-0.15, -0.1) is 11.3 Å². The van der Waals surface area contributed by atoms with Crippen LogP contribution in [0.1, 0.15) is 31.7 Å². The summed E-state index contributed by atoms with van der Waals surface area (Å²) >= 11 is 1.30. The fourth-order valence-electron chi connectivity index (χ4n) is 1.97. The molecule has 0 saturated heterocycles. The van der Waals surface area contributed by atoms with Gasteiger partial charge in [-0.1, -0.05) is 31.9 Å². The number of rotatable bonds is 8. The molecule has 2 aromatic rings. The highest BCUT2D eigenvalue weighted by Crippen LogP contribution is 2.16. The van der Waals surface area contributed by atoms with Crippen molar-refractivity contribution in [1.82, 2.24) is 4.98 Å². The SMILES string of the molecule is CCCCCOc1ccc(/C=C(\C#N)C(=O)Nc2nccs2)cc1. The highest BCUT2D eigenvalue weighted by Gasteiger charge is 2.10. The summed E-state index contributed by atoms with van der Waals surface area (Å²) in [6.07, 6.45) is 6.49. The molecule has 0 spiro atoms. The Hall–Kier alpha value is -2.65. The van der Waals surface area contributed by atoms with Crippen LogP contribution in [0.25, 0.3) is 6.08 Å². The highest BCUT2D eigenvalue weighted by atomic mass is 32.1. The molecule has 24 heavy (non-hydrogen) atoms. The quantitative estimate of drug-likeness (QED) is 0.442. The Morgan fingerprint density at radius 1 is 1.38 bits per heavy atom. The van der Waals surface area contributed by atoms with Crippen LogP contribution in [0.5, 0.6) is 5.75 Å². The summed E-state index contributed by atoms with van der Waals surface area (Å²) in [5.74, 6) is 0.321. The minimum Gasteiger partial charge on any atom is -0.494 e. The van der Waals surface area contributed by atoms with E-state index in [1.165, 1.54) is 11.3 Å². The van der Waals surface area contributed by atoms with Gasteiger partial charge in [0.2, 0.25) is 0 Å². The number of hydrogen-bond acceptors (Lipinski definition) is 5. The number of carbonyl (C=O) groups excluding carboxylic acids is 1. The van der Waals surface area contributed by atoms with Crippen molar-refractivity contribution in [2.45, 2.75) is 26.2 Å². The van der Waals surface area contributed by atoms with Crippen molar-refractivity contribution in [3.05, 3.63) is 47.0 Å². The summed E-state index contributed by atoms with van der Waals surface area (Å²) in [6, 6.07) is 9.24. The molecule has 0 bridgehead atoms. The summed E-state index contributed by atoms with van der Waals surface area (Å²) in [5, 5.41) is 14.0. The Balaban J connectivity index is 1.97. The zero-order valence-electron chi connectivity index (χ0n) is 13.5. The fourth-order valence-corrected chi connectivity index (χ4v) is 2.49. The number of ether oxygens (including phenoxy) is 1. The van der Waals surface area contributed by atoms with Gasteiger partial charge in [-0.2, -0.15) is 5.26 Å². The van der Waals surface area contributed by atoms with Crippen molar-refractivity contribution in [1.29, 1.82) is 5.26 Å². The molecule has 0 aliphatic rings. The lowest BCUT2D eigenvalue weighted by molar-refractivity contribution is -0.112. The number of unbranched alkanes of at least 4 members (excludes halogenated alkanes) is 2. The molecule has 124 valence electrons. The minimum atomic E-state index is -0.465.